The van der Waals surface area contributed by atoms with Gasteiger partial charge in [0.1, 0.15) is 12.1 Å². The Morgan fingerprint density at radius 3 is 2.85 bits per heavy atom. The average Bonchev–Trinajstić information content (AvgIpc) is 2.14. The number of hydrogen-bond donors (Lipinski definition) is 1. The maximum atomic E-state index is 12.7. The quantitative estimate of drug-likeness (QED) is 0.691. The molecule has 0 saturated heterocycles. The molecule has 0 aliphatic rings. The number of rotatable bonds is 4. The summed E-state index contributed by atoms with van der Waals surface area (Å²) in [4.78, 5) is 9.01. The number of nitrogens with zero attached hydrogens (tertiary/aromatic N) is 3. The number of hydrogen-bond acceptors (Lipinski definition) is 4. The van der Waals surface area contributed by atoms with E-state index in [2.05, 4.69) is 9.97 Å². The minimum Gasteiger partial charge on any atom is -0.395 e. The largest absolute Gasteiger partial charge is 0.395 e. The number of anilines is 1. The Kier molecular flexibility index (Phi) is 3.57. The van der Waals surface area contributed by atoms with Crippen molar-refractivity contribution in [3.8, 4) is 0 Å². The Bertz CT molecular complexity index is 269. The van der Waals surface area contributed by atoms with Crippen LogP contribution in [0.4, 0.5) is 10.2 Å². The molecule has 72 valence electrons. The second-order valence-corrected chi connectivity index (χ2v) is 2.50. The molecular weight excluding hydrogens is 173 g/mol. The van der Waals surface area contributed by atoms with E-state index in [0.29, 0.717) is 18.9 Å². The first-order chi connectivity index (χ1) is 6.27. The van der Waals surface area contributed by atoms with E-state index in [1.165, 1.54) is 12.4 Å². The van der Waals surface area contributed by atoms with Gasteiger partial charge in [-0.3, -0.25) is 0 Å². The van der Waals surface area contributed by atoms with Gasteiger partial charge < -0.3 is 10.0 Å². The predicted octanol–water partition coefficient (Wildman–Crippen LogP) is 0.434. The molecule has 0 aliphatic heterocycles. The van der Waals surface area contributed by atoms with E-state index in [1.54, 1.807) is 4.90 Å². The van der Waals surface area contributed by atoms with Gasteiger partial charge in [0.25, 0.3) is 0 Å². The van der Waals surface area contributed by atoms with E-state index in [1.807, 2.05) is 6.92 Å². The van der Waals surface area contributed by atoms with Crippen LogP contribution in [0.2, 0.25) is 0 Å². The highest BCUT2D eigenvalue weighted by molar-refractivity contribution is 5.36. The molecule has 0 amide bonds. The summed E-state index contributed by atoms with van der Waals surface area (Å²) in [7, 11) is 0. The van der Waals surface area contributed by atoms with Crippen LogP contribution in [0, 0.1) is 5.95 Å². The molecule has 13 heavy (non-hydrogen) atoms. The molecule has 0 saturated carbocycles. The van der Waals surface area contributed by atoms with Crippen molar-refractivity contribution in [2.45, 2.75) is 6.92 Å². The fourth-order valence-electron chi connectivity index (χ4n) is 1.05. The van der Waals surface area contributed by atoms with Gasteiger partial charge in [-0.25, -0.2) is 9.97 Å². The van der Waals surface area contributed by atoms with Gasteiger partial charge in [-0.05, 0) is 6.92 Å². The molecule has 0 unspecified atom stereocenters. The number of aromatic nitrogens is 2. The second-order valence-electron chi connectivity index (χ2n) is 2.50. The topological polar surface area (TPSA) is 49.2 Å². The SMILES string of the molecule is CCN(CCO)c1cc(F)ncn1. The van der Waals surface area contributed by atoms with Crippen molar-refractivity contribution in [2.24, 2.45) is 0 Å². The highest BCUT2D eigenvalue weighted by Gasteiger charge is 2.05. The van der Waals surface area contributed by atoms with Crippen LogP contribution in [-0.4, -0.2) is 34.8 Å². The van der Waals surface area contributed by atoms with Crippen molar-refractivity contribution in [3.63, 3.8) is 0 Å². The molecule has 1 N–H and O–H groups in total. The van der Waals surface area contributed by atoms with Crippen LogP contribution in [0.25, 0.3) is 0 Å². The standard InChI is InChI=1S/C8H12FN3O/c1-2-12(3-4-13)8-5-7(9)10-6-11-8/h5-6,13H,2-4H2,1H3. The van der Waals surface area contributed by atoms with Gasteiger partial charge in [0, 0.05) is 19.2 Å². The number of aliphatic hydroxyl groups is 1. The number of halogens is 1. The minimum atomic E-state index is -0.554. The number of aliphatic hydroxyl groups excluding tert-OH is 1. The molecule has 0 radical (unpaired) electrons. The molecule has 0 spiro atoms. The second kappa shape index (κ2) is 4.71. The lowest BCUT2D eigenvalue weighted by molar-refractivity contribution is 0.302. The monoisotopic (exact) mass is 185 g/mol. The maximum absolute atomic E-state index is 12.7. The first-order valence-corrected chi connectivity index (χ1v) is 4.11. The Labute approximate surface area is 76.1 Å². The normalized spacial score (nSPS) is 10.1. The van der Waals surface area contributed by atoms with E-state index in [4.69, 9.17) is 5.11 Å². The Hall–Kier alpha value is -1.23. The van der Waals surface area contributed by atoms with Crippen LogP contribution in [0.3, 0.4) is 0 Å². The van der Waals surface area contributed by atoms with Gasteiger partial charge in [-0.1, -0.05) is 0 Å². The zero-order valence-corrected chi connectivity index (χ0v) is 7.44. The smallest absolute Gasteiger partial charge is 0.218 e. The molecule has 0 bridgehead atoms. The predicted molar refractivity (Wildman–Crippen MR) is 47.0 cm³/mol. The Balaban J connectivity index is 2.78. The molecular formula is C8H12FN3O. The summed E-state index contributed by atoms with van der Waals surface area (Å²) in [6.45, 7) is 3.07. The third-order valence-corrected chi connectivity index (χ3v) is 1.69. The molecule has 0 aliphatic carbocycles. The van der Waals surface area contributed by atoms with Crippen LogP contribution >= 0.6 is 0 Å². The average molecular weight is 185 g/mol. The van der Waals surface area contributed by atoms with Gasteiger partial charge in [0.2, 0.25) is 5.95 Å². The van der Waals surface area contributed by atoms with E-state index in [0.717, 1.165) is 0 Å². The highest BCUT2D eigenvalue weighted by Crippen LogP contribution is 2.08. The van der Waals surface area contributed by atoms with Gasteiger partial charge in [0.15, 0.2) is 0 Å². The summed E-state index contributed by atoms with van der Waals surface area (Å²) >= 11 is 0. The third-order valence-electron chi connectivity index (χ3n) is 1.69. The van der Waals surface area contributed by atoms with Gasteiger partial charge in [-0.15, -0.1) is 0 Å². The lowest BCUT2D eigenvalue weighted by atomic mass is 10.4. The van der Waals surface area contributed by atoms with Gasteiger partial charge in [0.05, 0.1) is 6.61 Å². The Morgan fingerprint density at radius 2 is 2.31 bits per heavy atom. The van der Waals surface area contributed by atoms with Crippen molar-refractivity contribution in [3.05, 3.63) is 18.3 Å². The summed E-state index contributed by atoms with van der Waals surface area (Å²) in [5.74, 6) is -0.0505. The molecule has 4 nitrogen and oxygen atoms in total. The molecule has 1 rings (SSSR count). The van der Waals surface area contributed by atoms with Crippen LogP contribution in [0.5, 0.6) is 0 Å². The molecule has 1 aromatic rings. The first-order valence-electron chi connectivity index (χ1n) is 4.11. The zero-order valence-electron chi connectivity index (χ0n) is 7.44. The molecule has 1 aromatic heterocycles. The van der Waals surface area contributed by atoms with Crippen molar-refractivity contribution >= 4 is 5.82 Å². The summed E-state index contributed by atoms with van der Waals surface area (Å²) in [5.41, 5.74) is 0. The summed E-state index contributed by atoms with van der Waals surface area (Å²) in [6.07, 6.45) is 1.17. The summed E-state index contributed by atoms with van der Waals surface area (Å²) < 4.78 is 12.7. The fourth-order valence-corrected chi connectivity index (χ4v) is 1.05. The lowest BCUT2D eigenvalue weighted by Gasteiger charge is -2.19. The van der Waals surface area contributed by atoms with Gasteiger partial charge in [-0.2, -0.15) is 4.39 Å². The third kappa shape index (κ3) is 2.62. The lowest BCUT2D eigenvalue weighted by Crippen LogP contribution is -2.27. The van der Waals surface area contributed by atoms with Crippen molar-refractivity contribution in [1.82, 2.24) is 9.97 Å². The van der Waals surface area contributed by atoms with E-state index >= 15 is 0 Å². The Morgan fingerprint density at radius 1 is 1.54 bits per heavy atom. The zero-order chi connectivity index (χ0) is 9.68. The molecule has 5 heteroatoms. The summed E-state index contributed by atoms with van der Waals surface area (Å²) in [5, 5.41) is 8.72. The summed E-state index contributed by atoms with van der Waals surface area (Å²) in [6, 6.07) is 1.25. The highest BCUT2D eigenvalue weighted by atomic mass is 19.1. The maximum Gasteiger partial charge on any atom is 0.218 e. The molecule has 1 heterocycles. The van der Waals surface area contributed by atoms with E-state index in [-0.39, 0.29) is 6.61 Å². The molecule has 0 atom stereocenters. The van der Waals surface area contributed by atoms with Crippen LogP contribution in [0.1, 0.15) is 6.92 Å². The molecule has 0 aromatic carbocycles. The van der Waals surface area contributed by atoms with Crippen molar-refractivity contribution < 1.29 is 9.50 Å². The molecule has 0 fully saturated rings. The van der Waals surface area contributed by atoms with Crippen LogP contribution < -0.4 is 4.90 Å². The van der Waals surface area contributed by atoms with Crippen molar-refractivity contribution in [1.29, 1.82) is 0 Å². The van der Waals surface area contributed by atoms with Crippen LogP contribution in [-0.2, 0) is 0 Å². The first kappa shape index (κ1) is 9.85. The van der Waals surface area contributed by atoms with E-state index < -0.39 is 5.95 Å². The fraction of sp³-hybridized carbons (Fsp3) is 0.500. The van der Waals surface area contributed by atoms with Crippen molar-refractivity contribution in [2.75, 3.05) is 24.6 Å². The van der Waals surface area contributed by atoms with Gasteiger partial charge >= 0.3 is 0 Å². The van der Waals surface area contributed by atoms with Crippen LogP contribution in [0.15, 0.2) is 12.4 Å². The number of likely N-dealkylation sites (N-methyl/N-ethyl adjacent to an activating group) is 1. The minimum absolute atomic E-state index is 0.0272. The van der Waals surface area contributed by atoms with E-state index in [9.17, 15) is 4.39 Å².